The summed E-state index contributed by atoms with van der Waals surface area (Å²) in [6, 6.07) is 5.71. The van der Waals surface area contributed by atoms with Gasteiger partial charge < -0.3 is 5.32 Å². The minimum absolute atomic E-state index is 0.0326. The van der Waals surface area contributed by atoms with E-state index >= 15 is 0 Å². The van der Waals surface area contributed by atoms with E-state index in [1.807, 2.05) is 25.1 Å². The Morgan fingerprint density at radius 3 is 2.65 bits per heavy atom. The summed E-state index contributed by atoms with van der Waals surface area (Å²) >= 11 is 9.33. The fourth-order valence-corrected chi connectivity index (χ4v) is 3.02. The van der Waals surface area contributed by atoms with Crippen LogP contribution in [0.2, 0.25) is 0 Å². The predicted octanol–water partition coefficient (Wildman–Crippen LogP) is 3.65. The molecule has 1 N–H and O–H groups in total. The topological polar surface area (TPSA) is 29.1 Å². The van der Waals surface area contributed by atoms with E-state index in [0.717, 1.165) is 29.3 Å². The first-order valence-electron chi connectivity index (χ1n) is 5.70. The maximum atomic E-state index is 12.1. The number of halogens is 2. The molecule has 92 valence electrons. The van der Waals surface area contributed by atoms with E-state index in [2.05, 4.69) is 21.2 Å². The van der Waals surface area contributed by atoms with Crippen molar-refractivity contribution in [2.75, 3.05) is 5.88 Å². The zero-order valence-corrected chi connectivity index (χ0v) is 12.1. The summed E-state index contributed by atoms with van der Waals surface area (Å²) in [5.41, 5.74) is 1.58. The molecule has 0 spiro atoms. The van der Waals surface area contributed by atoms with Crippen molar-refractivity contribution in [3.8, 4) is 0 Å². The molecule has 0 aliphatic heterocycles. The fourth-order valence-electron chi connectivity index (χ4n) is 2.08. The second-order valence-electron chi connectivity index (χ2n) is 4.74. The quantitative estimate of drug-likeness (QED) is 0.847. The second kappa shape index (κ2) is 4.99. The molecule has 0 aromatic heterocycles. The lowest BCUT2D eigenvalue weighted by molar-refractivity contribution is 0.0853. The molecule has 1 saturated carbocycles. The van der Waals surface area contributed by atoms with Gasteiger partial charge in [-0.1, -0.05) is 15.9 Å². The Morgan fingerprint density at radius 1 is 1.47 bits per heavy atom. The van der Waals surface area contributed by atoms with Crippen LogP contribution in [0.4, 0.5) is 0 Å². The van der Waals surface area contributed by atoms with Gasteiger partial charge in [-0.15, -0.1) is 11.6 Å². The number of hydrogen-bond donors (Lipinski definition) is 1. The molecule has 0 bridgehead atoms. The normalized spacial score (nSPS) is 17.4. The first-order chi connectivity index (χ1) is 8.04. The highest BCUT2D eigenvalue weighted by Gasteiger charge is 2.37. The van der Waals surface area contributed by atoms with Crippen molar-refractivity contribution in [3.05, 3.63) is 33.8 Å². The van der Waals surface area contributed by atoms with Crippen LogP contribution in [-0.2, 0) is 0 Å². The summed E-state index contributed by atoms with van der Waals surface area (Å²) in [4.78, 5) is 12.1. The zero-order chi connectivity index (χ0) is 12.5. The molecule has 4 heteroatoms. The average molecular weight is 317 g/mol. The van der Waals surface area contributed by atoms with Crippen LogP contribution in [0.25, 0.3) is 0 Å². The summed E-state index contributed by atoms with van der Waals surface area (Å²) in [5, 5.41) is 3.06. The maximum absolute atomic E-state index is 12.1. The molecule has 17 heavy (non-hydrogen) atoms. The molecule has 2 nitrogen and oxygen atoms in total. The molecular weight excluding hydrogens is 302 g/mol. The number of rotatable bonds is 3. The summed E-state index contributed by atoms with van der Waals surface area (Å²) in [6.07, 6.45) is 3.11. The molecule has 0 heterocycles. The summed E-state index contributed by atoms with van der Waals surface area (Å²) < 4.78 is 0.927. The SMILES string of the molecule is Cc1cc(Br)cc(C(=O)NC2(CCl)CCC2)c1. The molecule has 1 aromatic rings. The molecular formula is C13H15BrClNO. The van der Waals surface area contributed by atoms with Gasteiger partial charge in [-0.25, -0.2) is 0 Å². The molecule has 0 atom stereocenters. The number of alkyl halides is 1. The van der Waals surface area contributed by atoms with E-state index in [4.69, 9.17) is 11.6 Å². The first-order valence-corrected chi connectivity index (χ1v) is 7.03. The Balaban J connectivity index is 2.14. The molecule has 1 amide bonds. The third-order valence-electron chi connectivity index (χ3n) is 3.25. The third kappa shape index (κ3) is 2.83. The highest BCUT2D eigenvalue weighted by atomic mass is 79.9. The van der Waals surface area contributed by atoms with Crippen molar-refractivity contribution in [3.63, 3.8) is 0 Å². The van der Waals surface area contributed by atoms with Crippen molar-refractivity contribution >= 4 is 33.4 Å². The van der Waals surface area contributed by atoms with Crippen molar-refractivity contribution in [2.45, 2.75) is 31.7 Å². The molecule has 1 fully saturated rings. The zero-order valence-electron chi connectivity index (χ0n) is 9.72. The number of aryl methyl sites for hydroxylation is 1. The van der Waals surface area contributed by atoms with E-state index < -0.39 is 0 Å². The second-order valence-corrected chi connectivity index (χ2v) is 5.92. The van der Waals surface area contributed by atoms with Crippen molar-refractivity contribution in [1.29, 1.82) is 0 Å². The molecule has 0 radical (unpaired) electrons. The van der Waals surface area contributed by atoms with Gasteiger partial charge in [0.25, 0.3) is 5.91 Å². The molecule has 1 aliphatic rings. The van der Waals surface area contributed by atoms with Crippen LogP contribution in [0.5, 0.6) is 0 Å². The van der Waals surface area contributed by atoms with Crippen LogP contribution in [0, 0.1) is 6.92 Å². The third-order valence-corrected chi connectivity index (χ3v) is 4.22. The van der Waals surface area contributed by atoms with Gasteiger partial charge in [0.1, 0.15) is 0 Å². The highest BCUT2D eigenvalue weighted by molar-refractivity contribution is 9.10. The Morgan fingerprint density at radius 2 is 2.18 bits per heavy atom. The Kier molecular flexibility index (Phi) is 3.79. The van der Waals surface area contributed by atoms with Crippen molar-refractivity contribution < 1.29 is 4.79 Å². The van der Waals surface area contributed by atoms with Crippen LogP contribution in [0.3, 0.4) is 0 Å². The standard InChI is InChI=1S/C13H15BrClNO/c1-9-5-10(7-11(14)6-9)12(17)16-13(8-15)3-2-4-13/h5-7H,2-4,8H2,1H3,(H,16,17). The van der Waals surface area contributed by atoms with Crippen LogP contribution in [0.1, 0.15) is 35.2 Å². The van der Waals surface area contributed by atoms with Gasteiger partial charge in [0.05, 0.1) is 5.54 Å². The number of nitrogens with one attached hydrogen (secondary N) is 1. The number of amides is 1. The largest absolute Gasteiger partial charge is 0.345 e. The Bertz CT molecular complexity index is 417. The molecule has 2 rings (SSSR count). The van der Waals surface area contributed by atoms with E-state index in [9.17, 15) is 4.79 Å². The van der Waals surface area contributed by atoms with Gasteiger partial charge in [0.15, 0.2) is 0 Å². The van der Waals surface area contributed by atoms with Crippen LogP contribution >= 0.6 is 27.5 Å². The monoisotopic (exact) mass is 315 g/mol. The van der Waals surface area contributed by atoms with E-state index in [1.54, 1.807) is 0 Å². The minimum atomic E-state index is -0.172. The van der Waals surface area contributed by atoms with Crippen LogP contribution in [-0.4, -0.2) is 17.3 Å². The number of carbonyl (C=O) groups is 1. The van der Waals surface area contributed by atoms with Crippen molar-refractivity contribution in [2.24, 2.45) is 0 Å². The van der Waals surface area contributed by atoms with Crippen LogP contribution < -0.4 is 5.32 Å². The number of benzene rings is 1. The first kappa shape index (κ1) is 12.9. The van der Waals surface area contributed by atoms with Crippen molar-refractivity contribution in [1.82, 2.24) is 5.32 Å². The van der Waals surface area contributed by atoms with Gasteiger partial charge >= 0.3 is 0 Å². The van der Waals surface area contributed by atoms with Gasteiger partial charge in [-0.3, -0.25) is 4.79 Å². The summed E-state index contributed by atoms with van der Waals surface area (Å²) in [7, 11) is 0. The van der Waals surface area contributed by atoms with Gasteiger partial charge in [0.2, 0.25) is 0 Å². The minimum Gasteiger partial charge on any atom is -0.345 e. The predicted molar refractivity (Wildman–Crippen MR) is 73.6 cm³/mol. The molecule has 1 aliphatic carbocycles. The van der Waals surface area contributed by atoms with E-state index in [1.165, 1.54) is 0 Å². The molecule has 1 aromatic carbocycles. The highest BCUT2D eigenvalue weighted by Crippen LogP contribution is 2.33. The van der Waals surface area contributed by atoms with E-state index in [0.29, 0.717) is 11.4 Å². The average Bonchev–Trinajstić information content (AvgIpc) is 2.21. The van der Waals surface area contributed by atoms with Crippen LogP contribution in [0.15, 0.2) is 22.7 Å². The Hall–Kier alpha value is -0.540. The molecule has 0 saturated heterocycles. The lowest BCUT2D eigenvalue weighted by Gasteiger charge is -2.41. The Labute approximate surface area is 115 Å². The van der Waals surface area contributed by atoms with Gasteiger partial charge in [-0.05, 0) is 49.9 Å². The fraction of sp³-hybridized carbons (Fsp3) is 0.462. The molecule has 0 unspecified atom stereocenters. The summed E-state index contributed by atoms with van der Waals surface area (Å²) in [6.45, 7) is 1.97. The number of carbonyl (C=O) groups excluding carboxylic acids is 1. The number of hydrogen-bond acceptors (Lipinski definition) is 1. The lowest BCUT2D eigenvalue weighted by Crippen LogP contribution is -2.55. The van der Waals surface area contributed by atoms with E-state index in [-0.39, 0.29) is 11.4 Å². The van der Waals surface area contributed by atoms with Gasteiger partial charge in [0, 0.05) is 15.9 Å². The smallest absolute Gasteiger partial charge is 0.251 e. The lowest BCUT2D eigenvalue weighted by atomic mass is 9.78. The maximum Gasteiger partial charge on any atom is 0.251 e. The summed E-state index contributed by atoms with van der Waals surface area (Å²) in [5.74, 6) is 0.459. The van der Waals surface area contributed by atoms with Gasteiger partial charge in [-0.2, -0.15) is 0 Å².